The third-order valence-corrected chi connectivity index (χ3v) is 4.40. The smallest absolute Gasteiger partial charge is 0.160 e. The minimum absolute atomic E-state index is 0.693. The molecule has 0 bridgehead atoms. The van der Waals surface area contributed by atoms with Gasteiger partial charge in [0, 0.05) is 19.3 Å². The van der Waals surface area contributed by atoms with Gasteiger partial charge >= 0.3 is 0 Å². The maximum Gasteiger partial charge on any atom is 0.160 e. The first-order valence-electron chi connectivity index (χ1n) is 7.08. The lowest BCUT2D eigenvalue weighted by molar-refractivity contribution is -0.509. The van der Waals surface area contributed by atoms with Crippen molar-refractivity contribution in [3.05, 3.63) is 35.4 Å². The number of benzene rings is 1. The standard InChI is InChI=1S/C16H22N/c1-2-14-15-8-4-3-7-13(15)9-10-16(14)17-11-5-6-12-17/h3-4,7-8,14H,2,5-6,9-12H2,1H3/q+1. The van der Waals surface area contributed by atoms with Crippen molar-refractivity contribution < 1.29 is 4.58 Å². The predicted octanol–water partition coefficient (Wildman–Crippen LogP) is 3.37. The van der Waals surface area contributed by atoms with Gasteiger partial charge in [0.05, 0.1) is 5.92 Å². The van der Waals surface area contributed by atoms with Gasteiger partial charge in [-0.05, 0) is 24.0 Å². The molecule has 1 aromatic carbocycles. The Bertz CT molecular complexity index is 437. The topological polar surface area (TPSA) is 3.01 Å². The fourth-order valence-corrected chi connectivity index (χ4v) is 3.56. The van der Waals surface area contributed by atoms with Crippen molar-refractivity contribution in [2.24, 2.45) is 0 Å². The highest BCUT2D eigenvalue weighted by molar-refractivity contribution is 5.89. The minimum Gasteiger partial charge on any atom is -0.236 e. The van der Waals surface area contributed by atoms with Crippen molar-refractivity contribution in [3.8, 4) is 0 Å². The molecule has 1 atom stereocenters. The average molecular weight is 228 g/mol. The highest BCUT2D eigenvalue weighted by atomic mass is 15.0. The quantitative estimate of drug-likeness (QED) is 0.648. The number of hydrogen-bond donors (Lipinski definition) is 0. The van der Waals surface area contributed by atoms with Crippen LogP contribution in [0.3, 0.4) is 0 Å². The van der Waals surface area contributed by atoms with Gasteiger partial charge in [0.2, 0.25) is 0 Å². The lowest BCUT2D eigenvalue weighted by Gasteiger charge is -2.24. The van der Waals surface area contributed by atoms with E-state index >= 15 is 0 Å². The zero-order valence-electron chi connectivity index (χ0n) is 10.8. The van der Waals surface area contributed by atoms with Crippen LogP contribution in [-0.2, 0) is 6.42 Å². The second kappa shape index (κ2) is 4.64. The fraction of sp³-hybridized carbons (Fsp3) is 0.562. The molecule has 0 N–H and O–H groups in total. The van der Waals surface area contributed by atoms with E-state index in [0.29, 0.717) is 5.92 Å². The van der Waals surface area contributed by atoms with Crippen LogP contribution in [0.4, 0.5) is 0 Å². The summed E-state index contributed by atoms with van der Waals surface area (Å²) >= 11 is 0. The SMILES string of the molecule is CCC1C(=[N+]2CCCC2)CCc2ccccc21. The number of fused-ring (bicyclic) bond motifs is 1. The number of aryl methyl sites for hydroxylation is 1. The van der Waals surface area contributed by atoms with Crippen LogP contribution in [0, 0.1) is 0 Å². The first kappa shape index (κ1) is 11.0. The molecule has 1 unspecified atom stereocenters. The Kier molecular flexibility index (Phi) is 3.00. The molecular formula is C16H22N+. The summed E-state index contributed by atoms with van der Waals surface area (Å²) in [4.78, 5) is 0. The molecule has 1 aromatic rings. The molecule has 0 radical (unpaired) electrons. The van der Waals surface area contributed by atoms with Gasteiger partial charge < -0.3 is 0 Å². The van der Waals surface area contributed by atoms with Gasteiger partial charge in [0.25, 0.3) is 0 Å². The fourth-order valence-electron chi connectivity index (χ4n) is 3.56. The molecule has 1 saturated heterocycles. The first-order chi connectivity index (χ1) is 8.40. The van der Waals surface area contributed by atoms with Crippen LogP contribution < -0.4 is 0 Å². The highest BCUT2D eigenvalue weighted by Crippen LogP contribution is 2.32. The summed E-state index contributed by atoms with van der Waals surface area (Å²) in [6.07, 6.45) is 6.57. The van der Waals surface area contributed by atoms with Crippen molar-refractivity contribution in [3.63, 3.8) is 0 Å². The van der Waals surface area contributed by atoms with E-state index in [1.165, 1.54) is 45.2 Å². The third-order valence-electron chi connectivity index (χ3n) is 4.40. The van der Waals surface area contributed by atoms with E-state index in [4.69, 9.17) is 0 Å². The molecule has 90 valence electrons. The van der Waals surface area contributed by atoms with Crippen LogP contribution >= 0.6 is 0 Å². The Labute approximate surface area is 104 Å². The van der Waals surface area contributed by atoms with E-state index in [0.717, 1.165) is 0 Å². The van der Waals surface area contributed by atoms with Crippen molar-refractivity contribution in [2.45, 2.75) is 44.9 Å². The maximum absolute atomic E-state index is 2.67. The van der Waals surface area contributed by atoms with Gasteiger partial charge in [-0.15, -0.1) is 0 Å². The molecule has 1 aliphatic heterocycles. The molecule has 2 aliphatic rings. The lowest BCUT2D eigenvalue weighted by atomic mass is 9.79. The number of nitrogens with zero attached hydrogens (tertiary/aromatic N) is 1. The van der Waals surface area contributed by atoms with Crippen molar-refractivity contribution in [1.82, 2.24) is 0 Å². The molecule has 3 rings (SSSR count). The molecule has 1 fully saturated rings. The van der Waals surface area contributed by atoms with Crippen molar-refractivity contribution in [1.29, 1.82) is 0 Å². The molecule has 0 amide bonds. The average Bonchev–Trinajstić information content (AvgIpc) is 2.91. The maximum atomic E-state index is 2.67. The molecule has 1 aliphatic carbocycles. The van der Waals surface area contributed by atoms with E-state index in [2.05, 4.69) is 35.8 Å². The van der Waals surface area contributed by atoms with Crippen LogP contribution in [0.5, 0.6) is 0 Å². The summed E-state index contributed by atoms with van der Waals surface area (Å²) in [5.41, 5.74) is 4.91. The van der Waals surface area contributed by atoms with Crippen LogP contribution in [0.15, 0.2) is 24.3 Å². The van der Waals surface area contributed by atoms with E-state index in [1.54, 1.807) is 16.8 Å². The van der Waals surface area contributed by atoms with Gasteiger partial charge in [-0.3, -0.25) is 0 Å². The largest absolute Gasteiger partial charge is 0.236 e. The summed E-state index contributed by atoms with van der Waals surface area (Å²) in [6, 6.07) is 9.05. The predicted molar refractivity (Wildman–Crippen MR) is 72.0 cm³/mol. The third kappa shape index (κ3) is 1.92. The normalized spacial score (nSPS) is 23.9. The molecule has 17 heavy (non-hydrogen) atoms. The number of hydrogen-bond acceptors (Lipinski definition) is 0. The molecular weight excluding hydrogens is 206 g/mol. The monoisotopic (exact) mass is 228 g/mol. The highest BCUT2D eigenvalue weighted by Gasteiger charge is 2.31. The van der Waals surface area contributed by atoms with Crippen LogP contribution in [-0.4, -0.2) is 23.4 Å². The summed E-state index contributed by atoms with van der Waals surface area (Å²) in [6.45, 7) is 4.94. The van der Waals surface area contributed by atoms with Gasteiger partial charge in [-0.1, -0.05) is 31.2 Å². The summed E-state index contributed by atoms with van der Waals surface area (Å²) < 4.78 is 2.67. The lowest BCUT2D eigenvalue weighted by Crippen LogP contribution is -2.29. The Morgan fingerprint density at radius 2 is 1.88 bits per heavy atom. The van der Waals surface area contributed by atoms with Crippen molar-refractivity contribution in [2.75, 3.05) is 13.1 Å². The van der Waals surface area contributed by atoms with Gasteiger partial charge in [-0.25, -0.2) is 4.58 Å². The van der Waals surface area contributed by atoms with Gasteiger partial charge in [-0.2, -0.15) is 0 Å². The molecule has 1 heterocycles. The second-order valence-electron chi connectivity index (χ2n) is 5.35. The van der Waals surface area contributed by atoms with E-state index < -0.39 is 0 Å². The van der Waals surface area contributed by atoms with Crippen LogP contribution in [0.25, 0.3) is 0 Å². The van der Waals surface area contributed by atoms with E-state index in [9.17, 15) is 0 Å². The minimum atomic E-state index is 0.693. The summed E-state index contributed by atoms with van der Waals surface area (Å²) in [5.74, 6) is 0.693. The van der Waals surface area contributed by atoms with Crippen LogP contribution in [0.2, 0.25) is 0 Å². The Morgan fingerprint density at radius 1 is 1.12 bits per heavy atom. The number of rotatable bonds is 1. The van der Waals surface area contributed by atoms with Crippen LogP contribution in [0.1, 0.15) is 49.7 Å². The van der Waals surface area contributed by atoms with Gasteiger partial charge in [0.15, 0.2) is 5.71 Å². The molecule has 0 aromatic heterocycles. The molecule has 0 saturated carbocycles. The second-order valence-corrected chi connectivity index (χ2v) is 5.35. The molecule has 0 spiro atoms. The Morgan fingerprint density at radius 3 is 2.65 bits per heavy atom. The van der Waals surface area contributed by atoms with E-state index in [1.807, 2.05) is 0 Å². The summed E-state index contributed by atoms with van der Waals surface area (Å²) in [7, 11) is 0. The Hall–Kier alpha value is -1.11. The molecule has 1 heteroatoms. The zero-order valence-corrected chi connectivity index (χ0v) is 10.8. The van der Waals surface area contributed by atoms with Gasteiger partial charge in [0.1, 0.15) is 13.1 Å². The Balaban J connectivity index is 2.03. The zero-order chi connectivity index (χ0) is 11.7. The van der Waals surface area contributed by atoms with E-state index in [-0.39, 0.29) is 0 Å². The first-order valence-corrected chi connectivity index (χ1v) is 7.08. The van der Waals surface area contributed by atoms with Crippen molar-refractivity contribution >= 4 is 5.71 Å². The molecule has 1 nitrogen and oxygen atoms in total. The summed E-state index contributed by atoms with van der Waals surface area (Å²) in [5, 5.41) is 0.